The van der Waals surface area contributed by atoms with E-state index < -0.39 is 9.84 Å². The van der Waals surface area contributed by atoms with Crippen LogP contribution in [0.2, 0.25) is 0 Å². The maximum Gasteiger partial charge on any atom is 0.191 e. The van der Waals surface area contributed by atoms with E-state index in [0.29, 0.717) is 19.0 Å². The second-order valence-corrected chi connectivity index (χ2v) is 11.1. The van der Waals surface area contributed by atoms with Gasteiger partial charge in [0.05, 0.1) is 5.75 Å². The first-order valence-corrected chi connectivity index (χ1v) is 12.2. The predicted molar refractivity (Wildman–Crippen MR) is 109 cm³/mol. The maximum absolute atomic E-state index is 11.4. The number of rotatable bonds is 8. The summed E-state index contributed by atoms with van der Waals surface area (Å²) in [5, 5.41) is 6.94. The van der Waals surface area contributed by atoms with Crippen molar-refractivity contribution in [3.63, 3.8) is 0 Å². The van der Waals surface area contributed by atoms with Crippen LogP contribution in [-0.4, -0.2) is 69.5 Å². The monoisotopic (exact) mass is 386 g/mol. The highest BCUT2D eigenvalue weighted by atomic mass is 32.2. The summed E-state index contributed by atoms with van der Waals surface area (Å²) in [7, 11) is -2.92. The van der Waals surface area contributed by atoms with Crippen molar-refractivity contribution in [3.8, 4) is 0 Å². The standard InChI is InChI=1S/C19H38N4O2S/c1-5-20-18(21-15-19(2,3)11-13-26(4,24)25)22-16-10-12-23(14-16)17-8-6-7-9-17/h16-17H,5-15H2,1-4H3,(H2,20,21,22). The number of hydrogen-bond donors (Lipinski definition) is 2. The van der Waals surface area contributed by atoms with Crippen LogP contribution in [0.15, 0.2) is 4.99 Å². The number of guanidine groups is 1. The third kappa shape index (κ3) is 7.43. The molecule has 0 bridgehead atoms. The van der Waals surface area contributed by atoms with E-state index in [-0.39, 0.29) is 11.2 Å². The van der Waals surface area contributed by atoms with Crippen molar-refractivity contribution in [3.05, 3.63) is 0 Å². The van der Waals surface area contributed by atoms with E-state index in [1.165, 1.54) is 44.9 Å². The van der Waals surface area contributed by atoms with Crippen LogP contribution < -0.4 is 10.6 Å². The summed E-state index contributed by atoms with van der Waals surface area (Å²) in [6.45, 7) is 9.98. The first-order valence-electron chi connectivity index (χ1n) is 10.2. The first-order chi connectivity index (χ1) is 12.2. The van der Waals surface area contributed by atoms with E-state index in [2.05, 4.69) is 36.3 Å². The Hall–Kier alpha value is -0.820. The van der Waals surface area contributed by atoms with Crippen LogP contribution >= 0.6 is 0 Å². The van der Waals surface area contributed by atoms with E-state index in [4.69, 9.17) is 4.99 Å². The summed E-state index contributed by atoms with van der Waals surface area (Å²) in [5.41, 5.74) is -0.128. The molecular weight excluding hydrogens is 348 g/mol. The van der Waals surface area contributed by atoms with Gasteiger partial charge in [0.25, 0.3) is 0 Å². The van der Waals surface area contributed by atoms with E-state index in [1.54, 1.807) is 0 Å². The Labute approximate surface area is 160 Å². The van der Waals surface area contributed by atoms with Crippen LogP contribution in [0, 0.1) is 5.41 Å². The molecular formula is C19H38N4O2S. The van der Waals surface area contributed by atoms with Crippen LogP contribution in [-0.2, 0) is 9.84 Å². The fourth-order valence-electron chi connectivity index (χ4n) is 3.85. The average Bonchev–Trinajstić information content (AvgIpc) is 3.22. The number of sulfone groups is 1. The molecule has 0 aromatic heterocycles. The fourth-order valence-corrected chi connectivity index (χ4v) is 4.78. The minimum absolute atomic E-state index is 0.128. The summed E-state index contributed by atoms with van der Waals surface area (Å²) in [5.74, 6) is 1.08. The molecule has 2 fully saturated rings. The van der Waals surface area contributed by atoms with E-state index in [0.717, 1.165) is 25.1 Å². The molecule has 7 heteroatoms. The van der Waals surface area contributed by atoms with E-state index in [9.17, 15) is 8.42 Å². The fraction of sp³-hybridized carbons (Fsp3) is 0.947. The Balaban J connectivity index is 1.86. The van der Waals surface area contributed by atoms with Crippen molar-refractivity contribution in [2.24, 2.45) is 10.4 Å². The Bertz CT molecular complexity index is 568. The minimum Gasteiger partial charge on any atom is -0.357 e. The molecule has 6 nitrogen and oxygen atoms in total. The summed E-state index contributed by atoms with van der Waals surface area (Å²) < 4.78 is 22.8. The number of hydrogen-bond acceptors (Lipinski definition) is 4. The third-order valence-corrected chi connectivity index (χ3v) is 6.51. The molecule has 1 unspecified atom stereocenters. The first kappa shape index (κ1) is 21.5. The molecule has 1 aliphatic heterocycles. The molecule has 0 amide bonds. The van der Waals surface area contributed by atoms with Crippen molar-refractivity contribution in [1.82, 2.24) is 15.5 Å². The van der Waals surface area contributed by atoms with Gasteiger partial charge in [-0.25, -0.2) is 8.42 Å². The van der Waals surface area contributed by atoms with Crippen molar-refractivity contribution >= 4 is 15.8 Å². The SMILES string of the molecule is CCNC(=NCC(C)(C)CCS(C)(=O)=O)NC1CCN(C2CCCC2)C1. The largest absolute Gasteiger partial charge is 0.357 e. The highest BCUT2D eigenvalue weighted by Crippen LogP contribution is 2.26. The van der Waals surface area contributed by atoms with Crippen LogP contribution in [0.5, 0.6) is 0 Å². The molecule has 0 aromatic carbocycles. The lowest BCUT2D eigenvalue weighted by molar-refractivity contribution is 0.242. The number of likely N-dealkylation sites (tertiary alicyclic amines) is 1. The Kier molecular flexibility index (Phi) is 7.76. The van der Waals surface area contributed by atoms with Gasteiger partial charge in [-0.2, -0.15) is 0 Å². The van der Waals surface area contributed by atoms with Gasteiger partial charge in [-0.3, -0.25) is 9.89 Å². The van der Waals surface area contributed by atoms with Crippen LogP contribution in [0.4, 0.5) is 0 Å². The lowest BCUT2D eigenvalue weighted by Gasteiger charge is -2.25. The van der Waals surface area contributed by atoms with Gasteiger partial charge in [0, 0.05) is 44.5 Å². The van der Waals surface area contributed by atoms with Crippen molar-refractivity contribution in [1.29, 1.82) is 0 Å². The van der Waals surface area contributed by atoms with E-state index in [1.807, 2.05) is 0 Å². The molecule has 1 heterocycles. The highest BCUT2D eigenvalue weighted by molar-refractivity contribution is 7.90. The zero-order valence-electron chi connectivity index (χ0n) is 17.1. The van der Waals surface area contributed by atoms with Gasteiger partial charge in [-0.1, -0.05) is 26.7 Å². The van der Waals surface area contributed by atoms with Gasteiger partial charge >= 0.3 is 0 Å². The molecule has 1 aliphatic carbocycles. The molecule has 0 radical (unpaired) electrons. The van der Waals surface area contributed by atoms with Crippen LogP contribution in [0.3, 0.4) is 0 Å². The lowest BCUT2D eigenvalue weighted by Crippen LogP contribution is -2.45. The highest BCUT2D eigenvalue weighted by Gasteiger charge is 2.30. The maximum atomic E-state index is 11.4. The molecule has 26 heavy (non-hydrogen) atoms. The second kappa shape index (κ2) is 9.40. The lowest BCUT2D eigenvalue weighted by atomic mass is 9.90. The molecule has 152 valence electrons. The predicted octanol–water partition coefficient (Wildman–Crippen LogP) is 2.02. The van der Waals surface area contributed by atoms with Gasteiger partial charge in [0.1, 0.15) is 9.84 Å². The zero-order chi connectivity index (χ0) is 19.2. The summed E-state index contributed by atoms with van der Waals surface area (Å²) >= 11 is 0. The number of nitrogens with one attached hydrogen (secondary N) is 2. The van der Waals surface area contributed by atoms with Crippen molar-refractivity contribution in [2.45, 2.75) is 71.4 Å². The molecule has 2 aliphatic rings. The molecule has 0 spiro atoms. The van der Waals surface area contributed by atoms with Gasteiger partial charge in [-0.15, -0.1) is 0 Å². The minimum atomic E-state index is -2.92. The second-order valence-electron chi connectivity index (χ2n) is 8.80. The van der Waals surface area contributed by atoms with Gasteiger partial charge < -0.3 is 10.6 Å². The normalized spacial score (nSPS) is 23.5. The summed E-state index contributed by atoms with van der Waals surface area (Å²) in [6.07, 6.45) is 8.57. The van der Waals surface area contributed by atoms with Gasteiger partial charge in [0.15, 0.2) is 5.96 Å². The topological polar surface area (TPSA) is 73.8 Å². The Morgan fingerprint density at radius 1 is 1.23 bits per heavy atom. The molecule has 1 saturated carbocycles. The summed E-state index contributed by atoms with van der Waals surface area (Å²) in [6, 6.07) is 1.24. The smallest absolute Gasteiger partial charge is 0.191 e. The Morgan fingerprint density at radius 3 is 2.54 bits per heavy atom. The molecule has 0 aromatic rings. The number of aliphatic imine (C=N–C) groups is 1. The molecule has 2 N–H and O–H groups in total. The average molecular weight is 387 g/mol. The van der Waals surface area contributed by atoms with Gasteiger partial charge in [-0.05, 0) is 38.0 Å². The van der Waals surface area contributed by atoms with Crippen molar-refractivity contribution < 1.29 is 8.42 Å². The van der Waals surface area contributed by atoms with E-state index >= 15 is 0 Å². The van der Waals surface area contributed by atoms with Crippen molar-refractivity contribution in [2.75, 3.05) is 38.2 Å². The van der Waals surface area contributed by atoms with Gasteiger partial charge in [0.2, 0.25) is 0 Å². The molecule has 1 atom stereocenters. The molecule has 1 saturated heterocycles. The number of nitrogens with zero attached hydrogens (tertiary/aromatic N) is 2. The Morgan fingerprint density at radius 2 is 1.92 bits per heavy atom. The third-order valence-electron chi connectivity index (χ3n) is 5.56. The summed E-state index contributed by atoms with van der Waals surface area (Å²) in [4.78, 5) is 7.40. The van der Waals surface area contributed by atoms with Crippen LogP contribution in [0.25, 0.3) is 0 Å². The van der Waals surface area contributed by atoms with Crippen LogP contribution in [0.1, 0.15) is 59.3 Å². The zero-order valence-corrected chi connectivity index (χ0v) is 17.9. The molecule has 2 rings (SSSR count). The quantitative estimate of drug-likeness (QED) is 0.493.